The monoisotopic (exact) mass is 376 g/mol. The van der Waals surface area contributed by atoms with Crippen LogP contribution in [0.5, 0.6) is 0 Å². The molecule has 0 aliphatic carbocycles. The van der Waals surface area contributed by atoms with E-state index in [-0.39, 0.29) is 5.91 Å². The number of carbonyl (C=O) groups is 1. The summed E-state index contributed by atoms with van der Waals surface area (Å²) in [7, 11) is 1.68. The van der Waals surface area contributed by atoms with Crippen molar-refractivity contribution in [2.24, 2.45) is 4.99 Å². The third kappa shape index (κ3) is 3.84. The molecule has 0 aliphatic rings. The van der Waals surface area contributed by atoms with Crippen molar-refractivity contribution in [2.45, 2.75) is 13.0 Å². The van der Waals surface area contributed by atoms with Crippen molar-refractivity contribution in [1.82, 2.24) is 4.57 Å². The molecule has 0 radical (unpaired) electrons. The van der Waals surface area contributed by atoms with Crippen LogP contribution in [0.2, 0.25) is 0 Å². The normalized spacial score (nSPS) is 12.1. The van der Waals surface area contributed by atoms with Gasteiger partial charge in [0.05, 0.1) is 23.2 Å². The van der Waals surface area contributed by atoms with Crippen LogP contribution < -0.4 is 4.80 Å². The van der Waals surface area contributed by atoms with Gasteiger partial charge in [-0.2, -0.15) is 4.99 Å². The molecule has 0 fully saturated rings. The zero-order chi connectivity index (χ0) is 18.6. The van der Waals surface area contributed by atoms with Gasteiger partial charge >= 0.3 is 0 Å². The number of fused-ring (bicyclic) bond motifs is 2. The molecule has 3 aromatic carbocycles. The van der Waals surface area contributed by atoms with Gasteiger partial charge in [-0.25, -0.2) is 0 Å². The van der Waals surface area contributed by atoms with E-state index in [4.69, 9.17) is 4.74 Å². The molecule has 0 aliphatic heterocycles. The highest BCUT2D eigenvalue weighted by atomic mass is 32.1. The third-order valence-electron chi connectivity index (χ3n) is 4.50. The second-order valence-corrected chi connectivity index (χ2v) is 7.37. The Morgan fingerprint density at radius 1 is 1.04 bits per heavy atom. The number of amides is 1. The van der Waals surface area contributed by atoms with Gasteiger partial charge in [-0.15, -0.1) is 0 Å². The number of nitrogens with zero attached hydrogens (tertiary/aromatic N) is 2. The average molecular weight is 376 g/mol. The number of hydrogen-bond donors (Lipinski definition) is 0. The van der Waals surface area contributed by atoms with Crippen LogP contribution in [0.1, 0.15) is 5.56 Å². The van der Waals surface area contributed by atoms with Crippen molar-refractivity contribution in [2.75, 3.05) is 13.7 Å². The number of hydrogen-bond acceptors (Lipinski definition) is 3. The number of carbonyl (C=O) groups excluding carboxylic acids is 1. The first-order valence-electron chi connectivity index (χ1n) is 8.87. The number of ether oxygens (including phenoxy) is 1. The Kier molecular flexibility index (Phi) is 5.14. The molecule has 0 unspecified atom stereocenters. The van der Waals surface area contributed by atoms with Gasteiger partial charge < -0.3 is 9.30 Å². The molecule has 1 heterocycles. The second-order valence-electron chi connectivity index (χ2n) is 6.36. The fourth-order valence-corrected chi connectivity index (χ4v) is 4.25. The number of rotatable bonds is 5. The fourth-order valence-electron chi connectivity index (χ4n) is 3.17. The summed E-state index contributed by atoms with van der Waals surface area (Å²) < 4.78 is 8.39. The van der Waals surface area contributed by atoms with E-state index in [1.807, 2.05) is 36.4 Å². The van der Waals surface area contributed by atoms with E-state index in [9.17, 15) is 4.79 Å². The molecule has 4 nitrogen and oxygen atoms in total. The highest BCUT2D eigenvalue weighted by Gasteiger charge is 2.08. The SMILES string of the molecule is COCCn1c(=NC(=O)Cc2ccc3ccccc3c2)sc2ccccc21. The van der Waals surface area contributed by atoms with Crippen LogP contribution in [0.3, 0.4) is 0 Å². The summed E-state index contributed by atoms with van der Waals surface area (Å²) in [6.45, 7) is 1.25. The number of aromatic nitrogens is 1. The van der Waals surface area contributed by atoms with Crippen LogP contribution in [0.15, 0.2) is 71.7 Å². The van der Waals surface area contributed by atoms with Crippen LogP contribution in [0.25, 0.3) is 21.0 Å². The van der Waals surface area contributed by atoms with Crippen molar-refractivity contribution >= 4 is 38.2 Å². The van der Waals surface area contributed by atoms with Crippen LogP contribution in [-0.2, 0) is 22.5 Å². The van der Waals surface area contributed by atoms with Gasteiger partial charge in [0.1, 0.15) is 0 Å². The van der Waals surface area contributed by atoms with Gasteiger partial charge in [-0.1, -0.05) is 65.9 Å². The third-order valence-corrected chi connectivity index (χ3v) is 5.56. The zero-order valence-electron chi connectivity index (χ0n) is 15.1. The molecule has 0 saturated carbocycles. The van der Waals surface area contributed by atoms with Gasteiger partial charge in [-0.3, -0.25) is 4.79 Å². The van der Waals surface area contributed by atoms with Crippen molar-refractivity contribution in [3.63, 3.8) is 0 Å². The van der Waals surface area contributed by atoms with E-state index in [1.165, 1.54) is 16.7 Å². The second kappa shape index (κ2) is 7.86. The van der Waals surface area contributed by atoms with Crippen molar-refractivity contribution in [3.05, 3.63) is 77.1 Å². The fraction of sp³-hybridized carbons (Fsp3) is 0.182. The Morgan fingerprint density at radius 3 is 2.67 bits per heavy atom. The number of para-hydroxylation sites is 1. The Hall–Kier alpha value is -2.76. The minimum atomic E-state index is -0.136. The molecule has 5 heteroatoms. The quantitative estimate of drug-likeness (QED) is 0.525. The molecular formula is C22H20N2O2S. The van der Waals surface area contributed by atoms with Crippen molar-refractivity contribution in [1.29, 1.82) is 0 Å². The summed E-state index contributed by atoms with van der Waals surface area (Å²) >= 11 is 1.54. The molecular weight excluding hydrogens is 356 g/mol. The molecule has 0 saturated heterocycles. The lowest BCUT2D eigenvalue weighted by molar-refractivity contribution is -0.117. The van der Waals surface area contributed by atoms with E-state index in [0.29, 0.717) is 19.6 Å². The first-order chi connectivity index (χ1) is 13.2. The highest BCUT2D eigenvalue weighted by molar-refractivity contribution is 7.16. The Morgan fingerprint density at radius 2 is 1.81 bits per heavy atom. The molecule has 27 heavy (non-hydrogen) atoms. The van der Waals surface area contributed by atoms with Gasteiger partial charge in [0.25, 0.3) is 5.91 Å². The van der Waals surface area contributed by atoms with Gasteiger partial charge in [0.15, 0.2) is 4.80 Å². The number of benzene rings is 3. The summed E-state index contributed by atoms with van der Waals surface area (Å²) in [5.74, 6) is -0.136. The van der Waals surface area contributed by atoms with Crippen LogP contribution >= 0.6 is 11.3 Å². The molecule has 1 amide bonds. The first kappa shape index (κ1) is 17.6. The van der Waals surface area contributed by atoms with E-state index < -0.39 is 0 Å². The topological polar surface area (TPSA) is 43.6 Å². The van der Waals surface area contributed by atoms with E-state index in [2.05, 4.69) is 39.9 Å². The summed E-state index contributed by atoms with van der Waals surface area (Å²) in [4.78, 5) is 17.7. The summed E-state index contributed by atoms with van der Waals surface area (Å²) in [6, 6.07) is 22.4. The van der Waals surface area contributed by atoms with Gasteiger partial charge in [0.2, 0.25) is 0 Å². The Bertz CT molecular complexity index is 1170. The summed E-state index contributed by atoms with van der Waals surface area (Å²) in [5, 5.41) is 2.31. The molecule has 1 aromatic heterocycles. The van der Waals surface area contributed by atoms with Gasteiger partial charge in [-0.05, 0) is 28.5 Å². The standard InChI is InChI=1S/C22H20N2O2S/c1-26-13-12-24-19-8-4-5-9-20(19)27-22(24)23-21(25)15-16-10-11-17-6-2-3-7-18(17)14-16/h2-11,14H,12-13,15H2,1H3. The van der Waals surface area contributed by atoms with Crippen molar-refractivity contribution < 1.29 is 9.53 Å². The van der Waals surface area contributed by atoms with Gasteiger partial charge in [0, 0.05) is 13.7 Å². The maximum atomic E-state index is 12.6. The first-order valence-corrected chi connectivity index (χ1v) is 9.69. The van der Waals surface area contributed by atoms with E-state index >= 15 is 0 Å². The maximum Gasteiger partial charge on any atom is 0.252 e. The predicted molar refractivity (Wildman–Crippen MR) is 110 cm³/mol. The molecule has 0 N–H and O–H groups in total. The average Bonchev–Trinajstić information content (AvgIpc) is 3.03. The van der Waals surface area contributed by atoms with Crippen LogP contribution in [-0.4, -0.2) is 24.2 Å². The van der Waals surface area contributed by atoms with Crippen LogP contribution in [0.4, 0.5) is 0 Å². The molecule has 4 aromatic rings. The minimum Gasteiger partial charge on any atom is -0.383 e. The van der Waals surface area contributed by atoms with Crippen molar-refractivity contribution in [3.8, 4) is 0 Å². The molecule has 4 rings (SSSR count). The maximum absolute atomic E-state index is 12.6. The molecule has 0 spiro atoms. The number of methoxy groups -OCH3 is 1. The lowest BCUT2D eigenvalue weighted by Gasteiger charge is -2.04. The Labute approximate surface area is 161 Å². The lowest BCUT2D eigenvalue weighted by atomic mass is 10.1. The summed E-state index contributed by atoms with van der Waals surface area (Å²) in [6.07, 6.45) is 0.295. The van der Waals surface area contributed by atoms with E-state index in [1.54, 1.807) is 7.11 Å². The largest absolute Gasteiger partial charge is 0.383 e. The highest BCUT2D eigenvalue weighted by Crippen LogP contribution is 2.18. The minimum absolute atomic E-state index is 0.136. The predicted octanol–water partition coefficient (Wildman–Crippen LogP) is 4.17. The van der Waals surface area contributed by atoms with Crippen LogP contribution in [0, 0.1) is 0 Å². The lowest BCUT2D eigenvalue weighted by Crippen LogP contribution is -2.19. The molecule has 136 valence electrons. The zero-order valence-corrected chi connectivity index (χ0v) is 15.9. The smallest absolute Gasteiger partial charge is 0.252 e. The number of thiazole rings is 1. The molecule has 0 atom stereocenters. The summed E-state index contributed by atoms with van der Waals surface area (Å²) in [5.41, 5.74) is 2.06. The molecule has 0 bridgehead atoms. The van der Waals surface area contributed by atoms with E-state index in [0.717, 1.165) is 26.0 Å². The Balaban J connectivity index is 1.66.